The van der Waals surface area contributed by atoms with Crippen molar-refractivity contribution in [2.24, 2.45) is 0 Å². The molecule has 0 saturated carbocycles. The van der Waals surface area contributed by atoms with Crippen molar-refractivity contribution in [1.29, 1.82) is 0 Å². The zero-order valence-electron chi connectivity index (χ0n) is 16.1. The van der Waals surface area contributed by atoms with Crippen molar-refractivity contribution in [3.8, 4) is 0 Å². The summed E-state index contributed by atoms with van der Waals surface area (Å²) in [4.78, 5) is 20.7. The molecule has 1 atom stereocenters. The number of hydrogen-bond acceptors (Lipinski definition) is 4. The first-order valence-electron chi connectivity index (χ1n) is 9.80. The Morgan fingerprint density at radius 3 is 2.93 bits per heavy atom. The molecule has 1 aromatic carbocycles. The number of aromatic nitrogens is 2. The van der Waals surface area contributed by atoms with Crippen LogP contribution in [0, 0.1) is 0 Å². The number of amides is 1. The minimum absolute atomic E-state index is 0.0797. The summed E-state index contributed by atoms with van der Waals surface area (Å²) in [6, 6.07) is 13.8. The van der Waals surface area contributed by atoms with Crippen molar-refractivity contribution >= 4 is 23.3 Å². The zero-order chi connectivity index (χ0) is 19.3. The van der Waals surface area contributed by atoms with Crippen molar-refractivity contribution in [2.45, 2.75) is 36.5 Å². The van der Waals surface area contributed by atoms with E-state index in [0.29, 0.717) is 13.1 Å². The number of thioether (sulfide) groups is 1. The summed E-state index contributed by atoms with van der Waals surface area (Å²) in [5.41, 5.74) is 2.71. The quantitative estimate of drug-likeness (QED) is 0.561. The van der Waals surface area contributed by atoms with E-state index in [0.717, 1.165) is 47.0 Å². The topological polar surface area (TPSA) is 46.8 Å². The van der Waals surface area contributed by atoms with Gasteiger partial charge in [0.05, 0.1) is 17.4 Å². The summed E-state index contributed by atoms with van der Waals surface area (Å²) >= 11 is 1.66. The lowest BCUT2D eigenvalue weighted by Gasteiger charge is -2.25. The Labute approximate surface area is 169 Å². The SMILES string of the molecule is CCN(CC1CCCO1)C(=O)c1ccccc1SCc1cn2ccccc2n1. The Morgan fingerprint density at radius 1 is 1.29 bits per heavy atom. The van der Waals surface area contributed by atoms with Crippen molar-refractivity contribution in [3.63, 3.8) is 0 Å². The standard InChI is InChI=1S/C22H25N3O2S/c1-2-24(15-18-8-7-13-27-18)22(26)19-9-3-4-10-20(19)28-16-17-14-25-12-6-5-11-21(25)23-17/h3-6,9-12,14,18H,2,7-8,13,15-16H2,1H3. The van der Waals surface area contributed by atoms with Crippen LogP contribution in [0.4, 0.5) is 0 Å². The van der Waals surface area contributed by atoms with E-state index in [1.165, 1.54) is 0 Å². The summed E-state index contributed by atoms with van der Waals surface area (Å²) in [7, 11) is 0. The lowest BCUT2D eigenvalue weighted by atomic mass is 10.1. The molecule has 4 rings (SSSR count). The molecular weight excluding hydrogens is 370 g/mol. The van der Waals surface area contributed by atoms with Crippen LogP contribution in [-0.4, -0.2) is 46.0 Å². The highest BCUT2D eigenvalue weighted by Crippen LogP contribution is 2.27. The minimum Gasteiger partial charge on any atom is -0.376 e. The largest absolute Gasteiger partial charge is 0.376 e. The molecule has 1 unspecified atom stereocenters. The van der Waals surface area contributed by atoms with E-state index in [2.05, 4.69) is 4.98 Å². The van der Waals surface area contributed by atoms with Crippen LogP contribution >= 0.6 is 11.8 Å². The van der Waals surface area contributed by atoms with Crippen LogP contribution < -0.4 is 0 Å². The molecule has 1 amide bonds. The van der Waals surface area contributed by atoms with Gasteiger partial charge in [0.25, 0.3) is 5.91 Å². The average Bonchev–Trinajstić information content (AvgIpc) is 3.39. The highest BCUT2D eigenvalue weighted by Gasteiger charge is 2.23. The van der Waals surface area contributed by atoms with Gasteiger partial charge < -0.3 is 14.0 Å². The first kappa shape index (κ1) is 19.0. The van der Waals surface area contributed by atoms with Crippen molar-refractivity contribution in [2.75, 3.05) is 19.7 Å². The molecule has 3 aromatic rings. The van der Waals surface area contributed by atoms with Gasteiger partial charge >= 0.3 is 0 Å². The number of carbonyl (C=O) groups is 1. The number of pyridine rings is 1. The van der Waals surface area contributed by atoms with Crippen LogP contribution in [0.5, 0.6) is 0 Å². The maximum Gasteiger partial charge on any atom is 0.255 e. The number of fused-ring (bicyclic) bond motifs is 1. The fourth-order valence-corrected chi connectivity index (χ4v) is 4.47. The maximum absolute atomic E-state index is 13.2. The summed E-state index contributed by atoms with van der Waals surface area (Å²) in [5.74, 6) is 0.806. The molecule has 1 aliphatic rings. The Kier molecular flexibility index (Phi) is 5.98. The number of carbonyl (C=O) groups excluding carboxylic acids is 1. The van der Waals surface area contributed by atoms with Gasteiger partial charge in [-0.15, -0.1) is 11.8 Å². The summed E-state index contributed by atoms with van der Waals surface area (Å²) in [5, 5.41) is 0. The van der Waals surface area contributed by atoms with Crippen molar-refractivity contribution < 1.29 is 9.53 Å². The Hall–Kier alpha value is -2.31. The van der Waals surface area contributed by atoms with Gasteiger partial charge in [-0.1, -0.05) is 18.2 Å². The molecule has 146 valence electrons. The molecule has 1 fully saturated rings. The fourth-order valence-electron chi connectivity index (χ4n) is 3.54. The molecule has 1 aliphatic heterocycles. The molecule has 3 heterocycles. The second-order valence-electron chi connectivity index (χ2n) is 6.96. The molecule has 2 aromatic heterocycles. The Bertz CT molecular complexity index is 917. The lowest BCUT2D eigenvalue weighted by Crippen LogP contribution is -2.37. The third kappa shape index (κ3) is 4.23. The van der Waals surface area contributed by atoms with E-state index in [9.17, 15) is 4.79 Å². The van der Waals surface area contributed by atoms with Gasteiger partial charge in [0.15, 0.2) is 0 Å². The lowest BCUT2D eigenvalue weighted by molar-refractivity contribution is 0.0536. The monoisotopic (exact) mass is 395 g/mol. The van der Waals surface area contributed by atoms with E-state index in [1.54, 1.807) is 11.8 Å². The zero-order valence-corrected chi connectivity index (χ0v) is 16.9. The summed E-state index contributed by atoms with van der Waals surface area (Å²) < 4.78 is 7.75. The highest BCUT2D eigenvalue weighted by molar-refractivity contribution is 7.98. The number of benzene rings is 1. The van der Waals surface area contributed by atoms with Crippen LogP contribution in [0.15, 0.2) is 59.8 Å². The van der Waals surface area contributed by atoms with Gasteiger partial charge in [-0.3, -0.25) is 4.79 Å². The van der Waals surface area contributed by atoms with Crippen LogP contribution in [0.2, 0.25) is 0 Å². The predicted octanol–water partition coefficient (Wildman–Crippen LogP) is 4.27. The molecule has 0 bridgehead atoms. The second kappa shape index (κ2) is 8.80. The van der Waals surface area contributed by atoms with Crippen LogP contribution in [0.25, 0.3) is 5.65 Å². The predicted molar refractivity (Wildman–Crippen MR) is 112 cm³/mol. The molecule has 28 heavy (non-hydrogen) atoms. The maximum atomic E-state index is 13.2. The fraction of sp³-hybridized carbons (Fsp3) is 0.364. The van der Waals surface area contributed by atoms with E-state index < -0.39 is 0 Å². The van der Waals surface area contributed by atoms with Gasteiger partial charge in [0, 0.05) is 42.7 Å². The number of nitrogens with zero attached hydrogens (tertiary/aromatic N) is 3. The summed E-state index contributed by atoms with van der Waals surface area (Å²) in [6.07, 6.45) is 6.33. The van der Waals surface area contributed by atoms with Gasteiger partial charge in [-0.25, -0.2) is 4.98 Å². The van der Waals surface area contributed by atoms with Crippen molar-refractivity contribution in [1.82, 2.24) is 14.3 Å². The van der Waals surface area contributed by atoms with Gasteiger partial charge in [-0.05, 0) is 44.0 Å². The molecule has 0 radical (unpaired) electrons. The van der Waals surface area contributed by atoms with E-state index in [-0.39, 0.29) is 12.0 Å². The Morgan fingerprint density at radius 2 is 2.14 bits per heavy atom. The van der Waals surface area contributed by atoms with Gasteiger partial charge in [-0.2, -0.15) is 0 Å². The third-order valence-corrected chi connectivity index (χ3v) is 6.13. The molecular formula is C22H25N3O2S. The van der Waals surface area contributed by atoms with Crippen LogP contribution in [0.1, 0.15) is 35.8 Å². The van der Waals surface area contributed by atoms with E-state index >= 15 is 0 Å². The number of ether oxygens (including phenoxy) is 1. The van der Waals surface area contributed by atoms with Crippen LogP contribution in [0.3, 0.4) is 0 Å². The van der Waals surface area contributed by atoms with E-state index in [4.69, 9.17) is 4.74 Å². The van der Waals surface area contributed by atoms with E-state index in [1.807, 2.05) is 71.1 Å². The second-order valence-corrected chi connectivity index (χ2v) is 7.98. The van der Waals surface area contributed by atoms with Gasteiger partial charge in [0.1, 0.15) is 5.65 Å². The number of hydrogen-bond donors (Lipinski definition) is 0. The number of likely N-dealkylation sites (N-methyl/N-ethyl adjacent to an activating group) is 1. The smallest absolute Gasteiger partial charge is 0.255 e. The molecule has 0 spiro atoms. The molecule has 6 heteroatoms. The Balaban J connectivity index is 1.48. The minimum atomic E-state index is 0.0797. The van der Waals surface area contributed by atoms with Crippen LogP contribution in [-0.2, 0) is 10.5 Å². The number of imidazole rings is 1. The van der Waals surface area contributed by atoms with Crippen molar-refractivity contribution in [3.05, 3.63) is 66.1 Å². The molecule has 5 nitrogen and oxygen atoms in total. The first-order valence-corrected chi connectivity index (χ1v) is 10.8. The molecule has 1 saturated heterocycles. The molecule has 0 N–H and O–H groups in total. The van der Waals surface area contributed by atoms with Gasteiger partial charge in [0.2, 0.25) is 0 Å². The normalized spacial score (nSPS) is 16.5. The summed E-state index contributed by atoms with van der Waals surface area (Å²) in [6.45, 7) is 4.19. The highest BCUT2D eigenvalue weighted by atomic mass is 32.2. The first-order chi connectivity index (χ1) is 13.7. The number of rotatable bonds is 7. The average molecular weight is 396 g/mol. The third-order valence-electron chi connectivity index (χ3n) is 5.02. The molecule has 0 aliphatic carbocycles.